The van der Waals surface area contributed by atoms with Gasteiger partial charge in [-0.1, -0.05) is 39.3 Å². The summed E-state index contributed by atoms with van der Waals surface area (Å²) in [5, 5.41) is 20.7. The third kappa shape index (κ3) is 2.86. The summed E-state index contributed by atoms with van der Waals surface area (Å²) in [5.74, 6) is 0.800. The van der Waals surface area contributed by atoms with Crippen LogP contribution in [0.1, 0.15) is 46.6 Å². The summed E-state index contributed by atoms with van der Waals surface area (Å²) in [7, 11) is 0. The lowest BCUT2D eigenvalue weighted by Crippen LogP contribution is -2.44. The Labute approximate surface area is 136 Å². The van der Waals surface area contributed by atoms with Crippen molar-refractivity contribution in [2.24, 2.45) is 17.3 Å². The van der Waals surface area contributed by atoms with E-state index in [0.717, 1.165) is 23.9 Å². The minimum absolute atomic E-state index is 0.0702. The summed E-state index contributed by atoms with van der Waals surface area (Å²) < 4.78 is 0. The lowest BCUT2D eigenvalue weighted by Gasteiger charge is -2.43. The van der Waals surface area contributed by atoms with Gasteiger partial charge in [0, 0.05) is 5.02 Å². The fourth-order valence-corrected chi connectivity index (χ4v) is 3.80. The zero-order valence-electron chi connectivity index (χ0n) is 13.6. The van der Waals surface area contributed by atoms with Crippen molar-refractivity contribution in [3.8, 4) is 0 Å². The molecule has 4 atom stereocenters. The van der Waals surface area contributed by atoms with Crippen molar-refractivity contribution in [2.75, 3.05) is 0 Å². The number of nitrogens with zero attached hydrogens (tertiary/aromatic N) is 3. The first-order valence-corrected chi connectivity index (χ1v) is 8.33. The highest BCUT2D eigenvalue weighted by atomic mass is 35.5. The van der Waals surface area contributed by atoms with Gasteiger partial charge >= 0.3 is 0 Å². The van der Waals surface area contributed by atoms with Crippen molar-refractivity contribution >= 4 is 22.6 Å². The van der Waals surface area contributed by atoms with Crippen molar-refractivity contribution < 1.29 is 5.11 Å². The van der Waals surface area contributed by atoms with Crippen molar-refractivity contribution in [2.45, 2.75) is 52.7 Å². The van der Waals surface area contributed by atoms with Crippen molar-refractivity contribution in [1.82, 2.24) is 15.0 Å². The number of benzene rings is 1. The molecule has 1 aliphatic carbocycles. The van der Waals surface area contributed by atoms with E-state index in [-0.39, 0.29) is 17.4 Å². The van der Waals surface area contributed by atoms with E-state index in [0.29, 0.717) is 10.9 Å². The normalized spacial score (nSPS) is 29.9. The molecule has 0 spiro atoms. The minimum atomic E-state index is -0.423. The van der Waals surface area contributed by atoms with Crippen LogP contribution in [-0.2, 0) is 0 Å². The molecule has 1 aromatic heterocycles. The van der Waals surface area contributed by atoms with E-state index in [4.69, 9.17) is 11.6 Å². The topological polar surface area (TPSA) is 50.9 Å². The van der Waals surface area contributed by atoms with E-state index in [1.165, 1.54) is 0 Å². The van der Waals surface area contributed by atoms with Gasteiger partial charge in [-0.05, 0) is 48.3 Å². The summed E-state index contributed by atoms with van der Waals surface area (Å²) in [6, 6.07) is 5.45. The Kier molecular flexibility index (Phi) is 3.94. The molecule has 0 bridgehead atoms. The van der Waals surface area contributed by atoms with Crippen LogP contribution < -0.4 is 0 Å². The van der Waals surface area contributed by atoms with Gasteiger partial charge in [-0.2, -0.15) is 15.0 Å². The van der Waals surface area contributed by atoms with Crippen molar-refractivity contribution in [3.05, 3.63) is 23.2 Å². The molecule has 1 aliphatic rings. The molecule has 1 fully saturated rings. The highest BCUT2D eigenvalue weighted by Crippen LogP contribution is 2.44. The van der Waals surface area contributed by atoms with Crippen molar-refractivity contribution in [3.63, 3.8) is 0 Å². The molecular formula is C17H24ClN3O. The Bertz CT molecular complexity index is 676. The molecule has 120 valence electrons. The molecule has 0 saturated heterocycles. The highest BCUT2D eigenvalue weighted by molar-refractivity contribution is 6.31. The molecule has 1 N–H and O–H groups in total. The summed E-state index contributed by atoms with van der Waals surface area (Å²) in [4.78, 5) is 1.71. The Morgan fingerprint density at radius 1 is 1.18 bits per heavy atom. The van der Waals surface area contributed by atoms with Crippen LogP contribution in [0.15, 0.2) is 18.2 Å². The maximum atomic E-state index is 10.9. The molecule has 1 aromatic carbocycles. The molecule has 3 rings (SSSR count). The van der Waals surface area contributed by atoms with E-state index >= 15 is 0 Å². The first kappa shape index (κ1) is 15.8. The van der Waals surface area contributed by atoms with E-state index in [9.17, 15) is 5.11 Å². The molecular weight excluding hydrogens is 298 g/mol. The van der Waals surface area contributed by atoms with Gasteiger partial charge in [0.1, 0.15) is 11.0 Å². The Morgan fingerprint density at radius 3 is 2.55 bits per heavy atom. The molecule has 2 aromatic rings. The van der Waals surface area contributed by atoms with Gasteiger partial charge in [-0.15, -0.1) is 0 Å². The second-order valence-corrected chi connectivity index (χ2v) is 8.20. The monoisotopic (exact) mass is 321 g/mol. The number of hydrogen-bond acceptors (Lipinski definition) is 3. The van der Waals surface area contributed by atoms with Crippen LogP contribution in [-0.4, -0.2) is 26.2 Å². The van der Waals surface area contributed by atoms with Gasteiger partial charge in [-0.3, -0.25) is 0 Å². The number of halogens is 1. The van der Waals surface area contributed by atoms with Crippen LogP contribution in [0.3, 0.4) is 0 Å². The van der Waals surface area contributed by atoms with E-state index in [1.54, 1.807) is 4.80 Å². The van der Waals surface area contributed by atoms with Gasteiger partial charge in [0.15, 0.2) is 0 Å². The predicted molar refractivity (Wildman–Crippen MR) is 88.9 cm³/mol. The third-order valence-corrected chi connectivity index (χ3v) is 5.11. The maximum Gasteiger partial charge on any atom is 0.114 e. The van der Waals surface area contributed by atoms with Gasteiger partial charge in [-0.25, -0.2) is 0 Å². The SMILES string of the molecule is CC1CC(n2nc3ccc(Cl)cc3n2)C(O)C(C(C)(C)C)C1. The standard InChI is InChI=1S/C17H24ClN3O/c1-10-7-12(17(2,3)4)16(22)15(8-10)21-19-13-6-5-11(18)9-14(13)20-21/h5-6,9-10,12,15-16,22H,7-8H2,1-4H3. The molecule has 4 unspecified atom stereocenters. The fourth-order valence-electron chi connectivity index (χ4n) is 3.64. The number of aromatic nitrogens is 3. The quantitative estimate of drug-likeness (QED) is 0.861. The molecule has 4 nitrogen and oxygen atoms in total. The lowest BCUT2D eigenvalue weighted by atomic mass is 9.66. The number of hydrogen-bond donors (Lipinski definition) is 1. The van der Waals surface area contributed by atoms with Crippen LogP contribution in [0.2, 0.25) is 5.02 Å². The number of rotatable bonds is 1. The van der Waals surface area contributed by atoms with Crippen LogP contribution in [0.25, 0.3) is 11.0 Å². The van der Waals surface area contributed by atoms with E-state index in [2.05, 4.69) is 37.9 Å². The Balaban J connectivity index is 1.97. The molecule has 5 heteroatoms. The lowest BCUT2D eigenvalue weighted by molar-refractivity contribution is -0.0477. The Hall–Kier alpha value is -1.13. The third-order valence-electron chi connectivity index (χ3n) is 4.87. The van der Waals surface area contributed by atoms with E-state index in [1.807, 2.05) is 18.2 Å². The zero-order chi connectivity index (χ0) is 16.1. The second kappa shape index (κ2) is 5.50. The zero-order valence-corrected chi connectivity index (χ0v) is 14.4. The molecule has 0 aliphatic heterocycles. The number of fused-ring (bicyclic) bond motifs is 1. The summed E-state index contributed by atoms with van der Waals surface area (Å²) >= 11 is 6.02. The summed E-state index contributed by atoms with van der Waals surface area (Å²) in [6.07, 6.45) is 1.53. The van der Waals surface area contributed by atoms with Gasteiger partial charge in [0.05, 0.1) is 12.1 Å². The maximum absolute atomic E-state index is 10.9. The number of aliphatic hydroxyl groups excluding tert-OH is 1. The van der Waals surface area contributed by atoms with Crippen LogP contribution in [0, 0.1) is 17.3 Å². The predicted octanol–water partition coefficient (Wildman–Crippen LogP) is 4.08. The number of aliphatic hydroxyl groups is 1. The average Bonchev–Trinajstić information content (AvgIpc) is 2.82. The van der Waals surface area contributed by atoms with Crippen molar-refractivity contribution in [1.29, 1.82) is 0 Å². The molecule has 22 heavy (non-hydrogen) atoms. The van der Waals surface area contributed by atoms with Crippen LogP contribution >= 0.6 is 11.6 Å². The van der Waals surface area contributed by atoms with Gasteiger partial charge in [0.25, 0.3) is 0 Å². The average molecular weight is 322 g/mol. The van der Waals surface area contributed by atoms with Gasteiger partial charge in [0.2, 0.25) is 0 Å². The first-order valence-electron chi connectivity index (χ1n) is 7.96. The Morgan fingerprint density at radius 2 is 1.86 bits per heavy atom. The molecule has 0 radical (unpaired) electrons. The summed E-state index contributed by atoms with van der Waals surface area (Å²) in [5.41, 5.74) is 1.68. The van der Waals surface area contributed by atoms with Gasteiger partial charge < -0.3 is 5.11 Å². The fraction of sp³-hybridized carbons (Fsp3) is 0.647. The highest BCUT2D eigenvalue weighted by Gasteiger charge is 2.42. The first-order chi connectivity index (χ1) is 10.3. The molecule has 1 saturated carbocycles. The summed E-state index contributed by atoms with van der Waals surface area (Å²) in [6.45, 7) is 8.84. The van der Waals surface area contributed by atoms with E-state index < -0.39 is 6.10 Å². The smallest absolute Gasteiger partial charge is 0.114 e. The van der Waals surface area contributed by atoms with Crippen LogP contribution in [0.5, 0.6) is 0 Å². The molecule has 0 amide bonds. The minimum Gasteiger partial charge on any atom is -0.391 e. The van der Waals surface area contributed by atoms with Crippen LogP contribution in [0.4, 0.5) is 0 Å². The molecule has 1 heterocycles. The largest absolute Gasteiger partial charge is 0.391 e. The second-order valence-electron chi connectivity index (χ2n) is 7.76.